The van der Waals surface area contributed by atoms with Crippen LogP contribution in [0.2, 0.25) is 13.3 Å². The van der Waals surface area contributed by atoms with Crippen molar-refractivity contribution in [1.82, 2.24) is 0 Å². The van der Waals surface area contributed by atoms with Gasteiger partial charge >= 0.3 is 139 Å². The quantitative estimate of drug-likeness (QED) is 0.219. The van der Waals surface area contributed by atoms with Gasteiger partial charge in [0.15, 0.2) is 0 Å². The topological polar surface area (TPSA) is 0 Å². The minimum absolute atomic E-state index is 1.17. The van der Waals surface area contributed by atoms with E-state index in [4.69, 9.17) is 0 Å². The van der Waals surface area contributed by atoms with Gasteiger partial charge in [-0.15, -0.1) is 0 Å². The molecule has 0 N–H and O–H groups in total. The Morgan fingerprint density at radius 3 is 1.85 bits per heavy atom. The van der Waals surface area contributed by atoms with E-state index in [-0.39, 0.29) is 0 Å². The normalized spacial score (nSPS) is 11.8. The molecule has 0 atom stereocenters. The SMILES string of the molecule is CCC[CH2][Sn]([CH2]CCC)([CH2]CCCBr)[c]1ccccc1. The summed E-state index contributed by atoms with van der Waals surface area (Å²) in [6, 6.07) is 11.6. The number of benzene rings is 1. The van der Waals surface area contributed by atoms with Gasteiger partial charge in [-0.1, -0.05) is 0 Å². The number of unbranched alkanes of at least 4 members (excludes halogenated alkanes) is 3. The molecule has 0 unspecified atom stereocenters. The van der Waals surface area contributed by atoms with Crippen LogP contribution in [-0.4, -0.2) is 23.7 Å². The summed E-state index contributed by atoms with van der Waals surface area (Å²) < 4.78 is 6.48. The van der Waals surface area contributed by atoms with E-state index in [0.717, 1.165) is 0 Å². The molecule has 0 radical (unpaired) electrons. The third kappa shape index (κ3) is 6.09. The molecule has 0 bridgehead atoms. The van der Waals surface area contributed by atoms with E-state index < -0.39 is 18.4 Å². The van der Waals surface area contributed by atoms with Crippen LogP contribution in [0.4, 0.5) is 0 Å². The van der Waals surface area contributed by atoms with E-state index in [0.29, 0.717) is 0 Å². The van der Waals surface area contributed by atoms with Crippen molar-refractivity contribution < 1.29 is 0 Å². The Morgan fingerprint density at radius 1 is 0.800 bits per heavy atom. The zero-order valence-corrected chi connectivity index (χ0v) is 17.8. The van der Waals surface area contributed by atoms with Crippen molar-refractivity contribution in [2.45, 2.75) is 65.7 Å². The van der Waals surface area contributed by atoms with E-state index in [1.54, 1.807) is 16.9 Å². The molecule has 0 amide bonds. The van der Waals surface area contributed by atoms with Crippen molar-refractivity contribution in [2.75, 3.05) is 5.33 Å². The molecule has 2 heteroatoms. The molecule has 0 aliphatic heterocycles. The Kier molecular flexibility index (Phi) is 10.3. The molecule has 1 aromatic rings. The predicted octanol–water partition coefficient (Wildman–Crippen LogP) is 6.12. The summed E-state index contributed by atoms with van der Waals surface area (Å²) in [5.74, 6) is 0. The molecule has 0 spiro atoms. The van der Waals surface area contributed by atoms with Crippen LogP contribution in [0.5, 0.6) is 0 Å². The molecule has 1 rings (SSSR count). The first-order valence-corrected chi connectivity index (χ1v) is 17.0. The van der Waals surface area contributed by atoms with E-state index in [1.165, 1.54) is 43.9 Å². The van der Waals surface area contributed by atoms with E-state index in [9.17, 15) is 0 Å². The van der Waals surface area contributed by atoms with Gasteiger partial charge in [-0.2, -0.15) is 0 Å². The molecule has 114 valence electrons. The van der Waals surface area contributed by atoms with Gasteiger partial charge in [0.2, 0.25) is 0 Å². The molecule has 0 aliphatic carbocycles. The molecule has 0 aromatic heterocycles. The van der Waals surface area contributed by atoms with Gasteiger partial charge < -0.3 is 0 Å². The predicted molar refractivity (Wildman–Crippen MR) is 99.1 cm³/mol. The van der Waals surface area contributed by atoms with Crippen LogP contribution in [0.1, 0.15) is 52.4 Å². The van der Waals surface area contributed by atoms with Gasteiger partial charge in [0, 0.05) is 0 Å². The second kappa shape index (κ2) is 11.1. The monoisotopic (exact) mass is 446 g/mol. The summed E-state index contributed by atoms with van der Waals surface area (Å²) in [7, 11) is 0. The first-order valence-electron chi connectivity index (χ1n) is 8.40. The van der Waals surface area contributed by atoms with Crippen molar-refractivity contribution in [1.29, 1.82) is 0 Å². The number of halogens is 1. The Morgan fingerprint density at radius 2 is 1.35 bits per heavy atom. The molecule has 0 fully saturated rings. The number of rotatable bonds is 11. The van der Waals surface area contributed by atoms with Gasteiger partial charge in [0.25, 0.3) is 0 Å². The van der Waals surface area contributed by atoms with Crippen molar-refractivity contribution >= 4 is 37.9 Å². The van der Waals surface area contributed by atoms with E-state index in [1.807, 2.05) is 0 Å². The second-order valence-electron chi connectivity index (χ2n) is 6.00. The number of alkyl halides is 1. The fourth-order valence-electron chi connectivity index (χ4n) is 3.19. The summed E-state index contributed by atoms with van der Waals surface area (Å²) in [5.41, 5.74) is 0. The number of hydrogen-bond acceptors (Lipinski definition) is 0. The van der Waals surface area contributed by atoms with E-state index in [2.05, 4.69) is 60.1 Å². The van der Waals surface area contributed by atoms with Gasteiger partial charge in [0.05, 0.1) is 0 Å². The van der Waals surface area contributed by atoms with Crippen LogP contribution in [-0.2, 0) is 0 Å². The van der Waals surface area contributed by atoms with Crippen molar-refractivity contribution in [3.63, 3.8) is 0 Å². The molecule has 0 heterocycles. The van der Waals surface area contributed by atoms with Gasteiger partial charge in [0.1, 0.15) is 0 Å². The van der Waals surface area contributed by atoms with E-state index >= 15 is 0 Å². The molecule has 0 saturated carbocycles. The molecular formula is C18H31BrSn. The molecule has 1 aromatic carbocycles. The van der Waals surface area contributed by atoms with Crippen LogP contribution in [0, 0.1) is 0 Å². The summed E-state index contributed by atoms with van der Waals surface area (Å²) in [4.78, 5) is 0. The van der Waals surface area contributed by atoms with Crippen molar-refractivity contribution in [2.24, 2.45) is 0 Å². The molecule has 0 nitrogen and oxygen atoms in total. The first-order chi connectivity index (χ1) is 9.79. The zero-order chi connectivity index (χ0) is 14.7. The molecule has 20 heavy (non-hydrogen) atoms. The van der Waals surface area contributed by atoms with Crippen LogP contribution in [0.25, 0.3) is 0 Å². The van der Waals surface area contributed by atoms with Crippen molar-refractivity contribution in [3.05, 3.63) is 30.3 Å². The van der Waals surface area contributed by atoms with Crippen molar-refractivity contribution in [3.8, 4) is 0 Å². The third-order valence-corrected chi connectivity index (χ3v) is 20.7. The summed E-state index contributed by atoms with van der Waals surface area (Å²) in [6.45, 7) is 4.69. The fraction of sp³-hybridized carbons (Fsp3) is 0.667. The fourth-order valence-corrected chi connectivity index (χ4v) is 19.3. The molecule has 0 saturated heterocycles. The molecule has 0 aliphatic rings. The first kappa shape index (κ1) is 18.5. The van der Waals surface area contributed by atoms with Gasteiger partial charge in [-0.3, -0.25) is 0 Å². The Hall–Kier alpha value is 0.499. The number of hydrogen-bond donors (Lipinski definition) is 0. The molecular weight excluding hydrogens is 415 g/mol. The summed E-state index contributed by atoms with van der Waals surface area (Å²) in [5, 5.41) is 1.17. The standard InChI is InChI=1S/C6H5.C4H8Br.2C4H9.Sn/c1-2-4-6-5-3-1;1-2-3-4-5;2*1-3-4-2;/h1-5H;1-4H2;2*1,3-4H2,2H3;. The maximum absolute atomic E-state index is 3.60. The van der Waals surface area contributed by atoms with Crippen LogP contribution in [0.15, 0.2) is 30.3 Å². The maximum atomic E-state index is 3.60. The van der Waals surface area contributed by atoms with Crippen LogP contribution < -0.4 is 3.58 Å². The third-order valence-electron chi connectivity index (χ3n) is 4.44. The Bertz CT molecular complexity index is 329. The average Bonchev–Trinajstić information content (AvgIpc) is 2.51. The van der Waals surface area contributed by atoms with Gasteiger partial charge in [-0.05, 0) is 0 Å². The van der Waals surface area contributed by atoms with Crippen LogP contribution >= 0.6 is 15.9 Å². The average molecular weight is 446 g/mol. The zero-order valence-electron chi connectivity index (χ0n) is 13.3. The second-order valence-corrected chi connectivity index (χ2v) is 20.0. The Labute approximate surface area is 138 Å². The minimum atomic E-state index is -2.14. The van der Waals surface area contributed by atoms with Gasteiger partial charge in [-0.25, -0.2) is 0 Å². The Balaban J connectivity index is 2.90. The summed E-state index contributed by atoms with van der Waals surface area (Å²) in [6.07, 6.45) is 8.39. The summed E-state index contributed by atoms with van der Waals surface area (Å²) >= 11 is 1.46. The van der Waals surface area contributed by atoms with Crippen LogP contribution in [0.3, 0.4) is 0 Å².